The molecule has 0 spiro atoms. The average Bonchev–Trinajstić information content (AvgIpc) is 2.68. The molecule has 5 nitrogen and oxygen atoms in total. The van der Waals surface area contributed by atoms with Crippen molar-refractivity contribution in [2.24, 2.45) is 0 Å². The molecule has 3 N–H and O–H groups in total. The van der Waals surface area contributed by atoms with E-state index in [1.807, 2.05) is 0 Å². The molecular weight excluding hydrogens is 311 g/mol. The SMILES string of the molecule is Nc1nccc(C(=O)Nc2ncc(Br)s2)c1F. The van der Waals surface area contributed by atoms with Gasteiger partial charge in [-0.1, -0.05) is 11.3 Å². The quantitative estimate of drug-likeness (QED) is 0.890. The second-order valence-electron chi connectivity index (χ2n) is 2.98. The minimum absolute atomic E-state index is 0.163. The molecule has 2 heterocycles. The molecule has 88 valence electrons. The predicted molar refractivity (Wildman–Crippen MR) is 66.4 cm³/mol. The Morgan fingerprint density at radius 3 is 2.94 bits per heavy atom. The first kappa shape index (κ1) is 11.9. The van der Waals surface area contributed by atoms with Crippen molar-refractivity contribution in [1.82, 2.24) is 9.97 Å². The van der Waals surface area contributed by atoms with Gasteiger partial charge < -0.3 is 5.73 Å². The summed E-state index contributed by atoms with van der Waals surface area (Å²) in [6.07, 6.45) is 2.81. The summed E-state index contributed by atoms with van der Waals surface area (Å²) in [6, 6.07) is 1.25. The summed E-state index contributed by atoms with van der Waals surface area (Å²) in [4.78, 5) is 19.2. The average molecular weight is 317 g/mol. The van der Waals surface area contributed by atoms with Crippen molar-refractivity contribution in [3.8, 4) is 0 Å². The molecule has 0 unspecified atom stereocenters. The van der Waals surface area contributed by atoms with Gasteiger partial charge in [0.2, 0.25) is 0 Å². The largest absolute Gasteiger partial charge is 0.381 e. The zero-order valence-electron chi connectivity index (χ0n) is 8.28. The summed E-state index contributed by atoms with van der Waals surface area (Å²) in [5.74, 6) is -1.75. The molecule has 0 aliphatic carbocycles. The molecule has 2 aromatic heterocycles. The third-order valence-corrected chi connectivity index (χ3v) is 3.25. The molecule has 0 atom stereocenters. The standard InChI is InChI=1S/C9H6BrFN4OS/c10-5-3-14-9(17-5)15-8(16)4-1-2-13-7(12)6(4)11/h1-3H,(H2,12,13)(H,14,15,16). The lowest BCUT2D eigenvalue weighted by atomic mass is 10.2. The van der Waals surface area contributed by atoms with Crippen LogP contribution in [0.5, 0.6) is 0 Å². The van der Waals surface area contributed by atoms with Crippen molar-refractivity contribution in [3.05, 3.63) is 33.6 Å². The number of nitrogens with one attached hydrogen (secondary N) is 1. The number of nitrogens with two attached hydrogens (primary N) is 1. The summed E-state index contributed by atoms with van der Waals surface area (Å²) >= 11 is 4.43. The molecule has 8 heteroatoms. The van der Waals surface area contributed by atoms with E-state index in [9.17, 15) is 9.18 Å². The zero-order valence-corrected chi connectivity index (χ0v) is 10.7. The summed E-state index contributed by atoms with van der Waals surface area (Å²) in [5.41, 5.74) is 5.11. The van der Waals surface area contributed by atoms with Gasteiger partial charge in [-0.05, 0) is 22.0 Å². The Labute approximate surface area is 108 Å². The first-order valence-corrected chi connectivity index (χ1v) is 6.01. The molecular formula is C9H6BrFN4OS. The van der Waals surface area contributed by atoms with Gasteiger partial charge in [-0.3, -0.25) is 10.1 Å². The molecule has 0 aromatic carbocycles. The lowest BCUT2D eigenvalue weighted by Gasteiger charge is -2.03. The lowest BCUT2D eigenvalue weighted by molar-refractivity contribution is 0.102. The van der Waals surface area contributed by atoms with Crippen LogP contribution < -0.4 is 11.1 Å². The fourth-order valence-corrected chi connectivity index (χ4v) is 2.21. The van der Waals surface area contributed by atoms with E-state index in [2.05, 4.69) is 31.2 Å². The van der Waals surface area contributed by atoms with Gasteiger partial charge in [0.05, 0.1) is 15.5 Å². The van der Waals surface area contributed by atoms with Crippen LogP contribution in [0.3, 0.4) is 0 Å². The molecule has 0 aliphatic rings. The van der Waals surface area contributed by atoms with Crippen molar-refractivity contribution in [2.75, 3.05) is 11.1 Å². The van der Waals surface area contributed by atoms with E-state index in [4.69, 9.17) is 5.73 Å². The summed E-state index contributed by atoms with van der Waals surface area (Å²) in [5, 5.41) is 2.83. The lowest BCUT2D eigenvalue weighted by Crippen LogP contribution is -2.15. The fraction of sp³-hybridized carbons (Fsp3) is 0. The van der Waals surface area contributed by atoms with E-state index in [-0.39, 0.29) is 11.4 Å². The molecule has 0 saturated carbocycles. The number of aromatic nitrogens is 2. The smallest absolute Gasteiger partial charge is 0.260 e. The Morgan fingerprint density at radius 2 is 2.29 bits per heavy atom. The van der Waals surface area contributed by atoms with Crippen molar-refractivity contribution in [2.45, 2.75) is 0 Å². The van der Waals surface area contributed by atoms with Crippen LogP contribution in [0.25, 0.3) is 0 Å². The van der Waals surface area contributed by atoms with Gasteiger partial charge in [-0.15, -0.1) is 0 Å². The summed E-state index contributed by atoms with van der Waals surface area (Å²) < 4.78 is 14.3. The van der Waals surface area contributed by atoms with Crippen LogP contribution in [0.4, 0.5) is 15.3 Å². The van der Waals surface area contributed by atoms with Crippen molar-refractivity contribution in [1.29, 1.82) is 0 Å². The zero-order chi connectivity index (χ0) is 12.4. The number of hydrogen-bond acceptors (Lipinski definition) is 5. The minimum Gasteiger partial charge on any atom is -0.381 e. The number of rotatable bonds is 2. The van der Waals surface area contributed by atoms with E-state index in [1.54, 1.807) is 0 Å². The molecule has 2 aromatic rings. The van der Waals surface area contributed by atoms with E-state index in [0.29, 0.717) is 5.13 Å². The highest BCUT2D eigenvalue weighted by molar-refractivity contribution is 9.11. The van der Waals surface area contributed by atoms with Crippen molar-refractivity contribution < 1.29 is 9.18 Å². The molecule has 0 saturated heterocycles. The van der Waals surface area contributed by atoms with Crippen LogP contribution in [0, 0.1) is 5.82 Å². The van der Waals surface area contributed by atoms with Crippen LogP contribution in [0.15, 0.2) is 22.2 Å². The Balaban J connectivity index is 2.23. The van der Waals surface area contributed by atoms with Gasteiger partial charge in [0.15, 0.2) is 16.8 Å². The molecule has 0 bridgehead atoms. The number of thiazole rings is 1. The van der Waals surface area contributed by atoms with Crippen LogP contribution in [-0.2, 0) is 0 Å². The topological polar surface area (TPSA) is 80.9 Å². The summed E-state index contributed by atoms with van der Waals surface area (Å²) in [7, 11) is 0. The first-order chi connectivity index (χ1) is 8.08. The number of hydrogen-bond donors (Lipinski definition) is 2. The normalized spacial score (nSPS) is 10.2. The Hall–Kier alpha value is -1.54. The Bertz CT molecular complexity index is 574. The van der Waals surface area contributed by atoms with Crippen molar-refractivity contribution >= 4 is 44.1 Å². The van der Waals surface area contributed by atoms with Crippen LogP contribution in [0.1, 0.15) is 10.4 Å². The van der Waals surface area contributed by atoms with Crippen LogP contribution in [0.2, 0.25) is 0 Å². The van der Waals surface area contributed by atoms with Gasteiger partial charge in [0.25, 0.3) is 5.91 Å². The maximum atomic E-state index is 13.5. The molecule has 17 heavy (non-hydrogen) atoms. The van der Waals surface area contributed by atoms with Gasteiger partial charge in [0.1, 0.15) is 0 Å². The van der Waals surface area contributed by atoms with Crippen LogP contribution >= 0.6 is 27.3 Å². The third kappa shape index (κ3) is 2.59. The number of nitrogens with zero attached hydrogens (tertiary/aromatic N) is 2. The number of halogens is 2. The Kier molecular flexibility index (Phi) is 3.34. The van der Waals surface area contributed by atoms with E-state index in [1.165, 1.54) is 29.8 Å². The maximum Gasteiger partial charge on any atom is 0.260 e. The minimum atomic E-state index is -0.833. The van der Waals surface area contributed by atoms with Gasteiger partial charge >= 0.3 is 0 Å². The number of nitrogen functional groups attached to an aromatic ring is 1. The van der Waals surface area contributed by atoms with Crippen LogP contribution in [-0.4, -0.2) is 15.9 Å². The third-order valence-electron chi connectivity index (χ3n) is 1.86. The summed E-state index contributed by atoms with van der Waals surface area (Å²) in [6.45, 7) is 0. The fourth-order valence-electron chi connectivity index (χ4n) is 1.11. The number of amides is 1. The van der Waals surface area contributed by atoms with Gasteiger partial charge in [0, 0.05) is 6.20 Å². The van der Waals surface area contributed by atoms with E-state index < -0.39 is 11.7 Å². The first-order valence-electron chi connectivity index (χ1n) is 4.40. The van der Waals surface area contributed by atoms with Crippen molar-refractivity contribution in [3.63, 3.8) is 0 Å². The number of carbonyl (C=O) groups excluding carboxylic acids is 1. The second-order valence-corrected chi connectivity index (χ2v) is 5.39. The second kappa shape index (κ2) is 4.76. The highest BCUT2D eigenvalue weighted by Gasteiger charge is 2.15. The molecule has 0 fully saturated rings. The number of carbonyl (C=O) groups is 1. The molecule has 1 amide bonds. The van der Waals surface area contributed by atoms with E-state index >= 15 is 0 Å². The van der Waals surface area contributed by atoms with Gasteiger partial charge in [-0.2, -0.15) is 0 Å². The monoisotopic (exact) mass is 316 g/mol. The number of anilines is 2. The molecule has 0 radical (unpaired) electrons. The van der Waals surface area contributed by atoms with E-state index in [0.717, 1.165) is 3.79 Å². The maximum absolute atomic E-state index is 13.5. The number of pyridine rings is 1. The predicted octanol–water partition coefficient (Wildman–Crippen LogP) is 2.27. The highest BCUT2D eigenvalue weighted by atomic mass is 79.9. The highest BCUT2D eigenvalue weighted by Crippen LogP contribution is 2.24. The Morgan fingerprint density at radius 1 is 1.53 bits per heavy atom. The van der Waals surface area contributed by atoms with Gasteiger partial charge in [-0.25, -0.2) is 14.4 Å². The molecule has 0 aliphatic heterocycles. The molecule has 2 rings (SSSR count).